The molecule has 0 aliphatic carbocycles. The standard InChI is InChI=1S/C19H19NO4S/c1-4-23-19(21)16-10-12-9-14(11-17(22-2)18(12)20-16)24-13-5-7-15(25-3)8-6-13/h5-11,20H,4H2,1-3H3. The van der Waals surface area contributed by atoms with Crippen LogP contribution in [0.4, 0.5) is 0 Å². The Morgan fingerprint density at radius 1 is 1.12 bits per heavy atom. The van der Waals surface area contributed by atoms with E-state index in [1.807, 2.05) is 36.6 Å². The molecule has 3 aromatic rings. The highest BCUT2D eigenvalue weighted by Crippen LogP contribution is 2.34. The summed E-state index contributed by atoms with van der Waals surface area (Å²) in [7, 11) is 1.58. The maximum Gasteiger partial charge on any atom is 0.354 e. The van der Waals surface area contributed by atoms with Gasteiger partial charge in [0.15, 0.2) is 0 Å². The van der Waals surface area contributed by atoms with E-state index in [2.05, 4.69) is 4.98 Å². The lowest BCUT2D eigenvalue weighted by Gasteiger charge is -2.09. The van der Waals surface area contributed by atoms with Crippen LogP contribution in [0.2, 0.25) is 0 Å². The summed E-state index contributed by atoms with van der Waals surface area (Å²) in [5.41, 5.74) is 1.12. The van der Waals surface area contributed by atoms with Crippen molar-refractivity contribution in [3.63, 3.8) is 0 Å². The molecule has 0 unspecified atom stereocenters. The van der Waals surface area contributed by atoms with Gasteiger partial charge in [-0.05, 0) is 49.6 Å². The molecule has 3 rings (SSSR count). The van der Waals surface area contributed by atoms with Crippen molar-refractivity contribution in [1.82, 2.24) is 4.98 Å². The van der Waals surface area contributed by atoms with Gasteiger partial charge < -0.3 is 19.2 Å². The van der Waals surface area contributed by atoms with Crippen molar-refractivity contribution in [3.8, 4) is 17.2 Å². The number of carbonyl (C=O) groups is 1. The Hall–Kier alpha value is -2.60. The van der Waals surface area contributed by atoms with Crippen molar-refractivity contribution in [3.05, 3.63) is 48.2 Å². The first-order valence-corrected chi connectivity index (χ1v) is 9.07. The molecule has 1 aromatic heterocycles. The molecular formula is C19H19NO4S. The predicted octanol–water partition coefficient (Wildman–Crippen LogP) is 4.87. The molecule has 0 amide bonds. The van der Waals surface area contributed by atoms with Gasteiger partial charge in [-0.25, -0.2) is 4.79 Å². The lowest BCUT2D eigenvalue weighted by Crippen LogP contribution is -2.04. The van der Waals surface area contributed by atoms with E-state index in [9.17, 15) is 4.79 Å². The number of hydrogen-bond donors (Lipinski definition) is 1. The molecule has 0 saturated heterocycles. The van der Waals surface area contributed by atoms with Crippen LogP contribution in [0.5, 0.6) is 17.2 Å². The summed E-state index contributed by atoms with van der Waals surface area (Å²) in [4.78, 5) is 16.1. The topological polar surface area (TPSA) is 60.6 Å². The van der Waals surface area contributed by atoms with Crippen molar-refractivity contribution < 1.29 is 19.0 Å². The van der Waals surface area contributed by atoms with E-state index in [0.29, 0.717) is 23.8 Å². The Balaban J connectivity index is 1.94. The summed E-state index contributed by atoms with van der Waals surface area (Å²) < 4.78 is 16.4. The number of carbonyl (C=O) groups excluding carboxylic acids is 1. The van der Waals surface area contributed by atoms with Crippen LogP contribution in [-0.2, 0) is 4.74 Å². The molecule has 0 atom stereocenters. The van der Waals surface area contributed by atoms with Gasteiger partial charge in [0.2, 0.25) is 0 Å². The van der Waals surface area contributed by atoms with E-state index in [0.717, 1.165) is 16.7 Å². The Bertz CT molecular complexity index is 886. The van der Waals surface area contributed by atoms with E-state index >= 15 is 0 Å². The maximum atomic E-state index is 11.9. The van der Waals surface area contributed by atoms with Gasteiger partial charge in [-0.1, -0.05) is 0 Å². The van der Waals surface area contributed by atoms with Crippen LogP contribution in [0.25, 0.3) is 10.9 Å². The second-order valence-electron chi connectivity index (χ2n) is 5.27. The van der Waals surface area contributed by atoms with Crippen LogP contribution in [0.1, 0.15) is 17.4 Å². The molecule has 1 heterocycles. The highest BCUT2D eigenvalue weighted by Gasteiger charge is 2.15. The number of aromatic nitrogens is 1. The number of esters is 1. The Morgan fingerprint density at radius 3 is 2.52 bits per heavy atom. The molecule has 0 aliphatic rings. The summed E-state index contributed by atoms with van der Waals surface area (Å²) in [6.07, 6.45) is 2.03. The SMILES string of the molecule is CCOC(=O)c1cc2cc(Oc3ccc(SC)cc3)cc(OC)c2[nH]1. The number of methoxy groups -OCH3 is 1. The number of hydrogen-bond acceptors (Lipinski definition) is 5. The van der Waals surface area contributed by atoms with Crippen molar-refractivity contribution in [2.24, 2.45) is 0 Å². The quantitative estimate of drug-likeness (QED) is 0.504. The Labute approximate surface area is 150 Å². The Morgan fingerprint density at radius 2 is 1.88 bits per heavy atom. The summed E-state index contributed by atoms with van der Waals surface area (Å²) in [5.74, 6) is 1.58. The van der Waals surface area contributed by atoms with Crippen molar-refractivity contribution in [1.29, 1.82) is 0 Å². The van der Waals surface area contributed by atoms with Crippen molar-refractivity contribution in [2.75, 3.05) is 20.0 Å². The van der Waals surface area contributed by atoms with Crippen LogP contribution in [0.3, 0.4) is 0 Å². The molecule has 5 nitrogen and oxygen atoms in total. The molecule has 0 bridgehead atoms. The van der Waals surface area contributed by atoms with Gasteiger partial charge in [0, 0.05) is 16.3 Å². The molecule has 130 valence electrons. The van der Waals surface area contributed by atoms with Gasteiger partial charge >= 0.3 is 5.97 Å². The second kappa shape index (κ2) is 7.53. The average molecular weight is 357 g/mol. The lowest BCUT2D eigenvalue weighted by atomic mass is 10.2. The first-order chi connectivity index (χ1) is 12.1. The fraction of sp³-hybridized carbons (Fsp3) is 0.211. The zero-order valence-corrected chi connectivity index (χ0v) is 15.1. The molecule has 2 aromatic carbocycles. The molecule has 0 saturated carbocycles. The minimum Gasteiger partial charge on any atom is -0.494 e. The maximum absolute atomic E-state index is 11.9. The van der Waals surface area contributed by atoms with Crippen LogP contribution in [0, 0.1) is 0 Å². The number of fused-ring (bicyclic) bond motifs is 1. The molecule has 25 heavy (non-hydrogen) atoms. The third kappa shape index (κ3) is 3.74. The van der Waals surface area contributed by atoms with E-state index in [-0.39, 0.29) is 0 Å². The summed E-state index contributed by atoms with van der Waals surface area (Å²) in [5, 5.41) is 0.818. The third-order valence-corrected chi connectivity index (χ3v) is 4.42. The second-order valence-corrected chi connectivity index (χ2v) is 6.15. The number of H-pyrrole nitrogens is 1. The lowest BCUT2D eigenvalue weighted by molar-refractivity contribution is 0.0520. The summed E-state index contributed by atoms with van der Waals surface area (Å²) in [6, 6.07) is 13.2. The van der Waals surface area contributed by atoms with E-state index in [1.54, 1.807) is 37.9 Å². The van der Waals surface area contributed by atoms with Gasteiger partial charge in [0.25, 0.3) is 0 Å². The third-order valence-electron chi connectivity index (χ3n) is 3.68. The fourth-order valence-corrected chi connectivity index (χ4v) is 2.91. The molecule has 0 radical (unpaired) electrons. The molecule has 0 aliphatic heterocycles. The molecule has 1 N–H and O–H groups in total. The van der Waals surface area contributed by atoms with Crippen LogP contribution >= 0.6 is 11.8 Å². The molecule has 0 fully saturated rings. The number of thioether (sulfide) groups is 1. The summed E-state index contributed by atoms with van der Waals surface area (Å²) in [6.45, 7) is 2.10. The predicted molar refractivity (Wildman–Crippen MR) is 99.1 cm³/mol. The van der Waals surface area contributed by atoms with Gasteiger partial charge in [0.05, 0.1) is 19.2 Å². The first-order valence-electron chi connectivity index (χ1n) is 7.84. The minimum absolute atomic E-state index is 0.325. The van der Waals surface area contributed by atoms with E-state index < -0.39 is 5.97 Å². The van der Waals surface area contributed by atoms with Crippen LogP contribution < -0.4 is 9.47 Å². The van der Waals surface area contributed by atoms with Gasteiger partial charge in [0.1, 0.15) is 22.9 Å². The van der Waals surface area contributed by atoms with Crippen molar-refractivity contribution >= 4 is 28.6 Å². The van der Waals surface area contributed by atoms with Crippen LogP contribution in [-0.4, -0.2) is 30.9 Å². The minimum atomic E-state index is -0.393. The van der Waals surface area contributed by atoms with Gasteiger partial charge in [-0.3, -0.25) is 0 Å². The number of aromatic amines is 1. The highest BCUT2D eigenvalue weighted by molar-refractivity contribution is 7.98. The zero-order valence-electron chi connectivity index (χ0n) is 14.3. The molecule has 6 heteroatoms. The highest BCUT2D eigenvalue weighted by atomic mass is 32.2. The smallest absolute Gasteiger partial charge is 0.354 e. The van der Waals surface area contributed by atoms with Crippen LogP contribution in [0.15, 0.2) is 47.4 Å². The van der Waals surface area contributed by atoms with Gasteiger partial charge in [-0.15, -0.1) is 11.8 Å². The number of ether oxygens (including phenoxy) is 3. The first kappa shape index (κ1) is 17.2. The number of rotatable bonds is 6. The molecular weight excluding hydrogens is 338 g/mol. The number of benzene rings is 2. The number of nitrogens with one attached hydrogen (secondary N) is 1. The van der Waals surface area contributed by atoms with E-state index in [1.165, 1.54) is 4.90 Å². The largest absolute Gasteiger partial charge is 0.494 e. The fourth-order valence-electron chi connectivity index (χ4n) is 2.50. The van der Waals surface area contributed by atoms with Crippen molar-refractivity contribution in [2.45, 2.75) is 11.8 Å². The van der Waals surface area contributed by atoms with E-state index in [4.69, 9.17) is 14.2 Å². The van der Waals surface area contributed by atoms with Gasteiger partial charge in [-0.2, -0.15) is 0 Å². The summed E-state index contributed by atoms with van der Waals surface area (Å²) >= 11 is 1.68. The average Bonchev–Trinajstić information content (AvgIpc) is 3.06. The zero-order chi connectivity index (χ0) is 17.8. The Kier molecular flexibility index (Phi) is 5.19. The normalized spacial score (nSPS) is 10.7. The molecule has 0 spiro atoms. The monoisotopic (exact) mass is 357 g/mol.